The van der Waals surface area contributed by atoms with Crippen molar-refractivity contribution in [2.45, 2.75) is 25.7 Å². The van der Waals surface area contributed by atoms with E-state index in [1.807, 2.05) is 36.4 Å². The molecule has 28 heavy (non-hydrogen) atoms. The molecule has 0 aromatic heterocycles. The van der Waals surface area contributed by atoms with Gasteiger partial charge in [-0.3, -0.25) is 4.79 Å². The summed E-state index contributed by atoms with van der Waals surface area (Å²) < 4.78 is 0. The smallest absolute Gasteiger partial charge is 0.141 e. The number of allylic oxidation sites excluding steroid dienone is 4. The van der Waals surface area contributed by atoms with Crippen molar-refractivity contribution in [3.05, 3.63) is 114 Å². The van der Waals surface area contributed by atoms with Crippen molar-refractivity contribution in [1.82, 2.24) is 0 Å². The number of hydrogen-bond acceptors (Lipinski definition) is 1. The Kier molecular flexibility index (Phi) is 5.63. The largest absolute Gasteiger partial charge is 0.299 e. The average molecular weight is 364 g/mol. The highest BCUT2D eigenvalue weighted by Crippen LogP contribution is 2.31. The van der Waals surface area contributed by atoms with E-state index in [9.17, 15) is 4.79 Å². The number of hydrogen-bond donors (Lipinski definition) is 0. The van der Waals surface area contributed by atoms with Crippen LogP contribution in [0.25, 0.3) is 16.7 Å². The highest BCUT2D eigenvalue weighted by Gasteiger charge is 2.16. The second-order valence-corrected chi connectivity index (χ2v) is 7.21. The predicted octanol–water partition coefficient (Wildman–Crippen LogP) is 6.66. The molecule has 0 saturated heterocycles. The van der Waals surface area contributed by atoms with Gasteiger partial charge in [0.2, 0.25) is 0 Å². The van der Waals surface area contributed by atoms with E-state index < -0.39 is 0 Å². The van der Waals surface area contributed by atoms with E-state index in [1.165, 1.54) is 16.7 Å². The lowest BCUT2D eigenvalue weighted by Crippen LogP contribution is -2.07. The molecule has 0 spiro atoms. The molecular weight excluding hydrogens is 340 g/mol. The molecular formula is C27H24O. The summed E-state index contributed by atoms with van der Waals surface area (Å²) in [4.78, 5) is 13.0. The van der Waals surface area contributed by atoms with Gasteiger partial charge in [0.25, 0.3) is 0 Å². The summed E-state index contributed by atoms with van der Waals surface area (Å²) in [5.41, 5.74) is 6.99. The zero-order valence-corrected chi connectivity index (χ0v) is 16.0. The molecule has 1 heteroatoms. The maximum Gasteiger partial charge on any atom is 0.141 e. The fraction of sp³-hybridized carbons (Fsp3) is 0.148. The van der Waals surface area contributed by atoms with E-state index in [0.29, 0.717) is 12.8 Å². The van der Waals surface area contributed by atoms with Crippen LogP contribution in [0.15, 0.2) is 103 Å². The SMILES string of the molecule is O=C(CC1=CCCC=C1c1ccccc1)Cc1ccccc1-c1ccccc1. The molecule has 3 aromatic rings. The third kappa shape index (κ3) is 4.20. The first-order valence-corrected chi connectivity index (χ1v) is 9.91. The third-order valence-corrected chi connectivity index (χ3v) is 5.21. The van der Waals surface area contributed by atoms with Crippen LogP contribution in [0.5, 0.6) is 0 Å². The van der Waals surface area contributed by atoms with E-state index >= 15 is 0 Å². The molecule has 0 amide bonds. The van der Waals surface area contributed by atoms with Crippen LogP contribution < -0.4 is 0 Å². The van der Waals surface area contributed by atoms with Gasteiger partial charge in [0.05, 0.1) is 0 Å². The molecule has 1 nitrogen and oxygen atoms in total. The van der Waals surface area contributed by atoms with Crippen LogP contribution >= 0.6 is 0 Å². The molecule has 0 aliphatic heterocycles. The van der Waals surface area contributed by atoms with Crippen LogP contribution in [0.4, 0.5) is 0 Å². The second-order valence-electron chi connectivity index (χ2n) is 7.21. The van der Waals surface area contributed by atoms with Crippen LogP contribution in [-0.4, -0.2) is 5.78 Å². The number of carbonyl (C=O) groups excluding carboxylic acids is 1. The van der Waals surface area contributed by atoms with E-state index in [4.69, 9.17) is 0 Å². The average Bonchev–Trinajstić information content (AvgIpc) is 2.76. The topological polar surface area (TPSA) is 17.1 Å². The Morgan fingerprint density at radius 2 is 1.25 bits per heavy atom. The van der Waals surface area contributed by atoms with Gasteiger partial charge >= 0.3 is 0 Å². The maximum atomic E-state index is 13.0. The van der Waals surface area contributed by atoms with Crippen molar-refractivity contribution >= 4 is 11.4 Å². The van der Waals surface area contributed by atoms with Crippen molar-refractivity contribution in [1.29, 1.82) is 0 Å². The lowest BCUT2D eigenvalue weighted by molar-refractivity contribution is -0.117. The summed E-state index contributed by atoms with van der Waals surface area (Å²) in [6.07, 6.45) is 7.52. The standard InChI is InChI=1S/C27H24O/c28-25(19-23-15-7-9-17-26(23)21-11-3-1-4-12-21)20-24-16-8-10-18-27(24)22-13-5-2-6-14-22/h1-7,9,11-18H,8,10,19-20H2. The lowest BCUT2D eigenvalue weighted by atomic mass is 9.87. The second kappa shape index (κ2) is 8.67. The van der Waals surface area contributed by atoms with Gasteiger partial charge in [-0.25, -0.2) is 0 Å². The predicted molar refractivity (Wildman–Crippen MR) is 117 cm³/mol. The minimum Gasteiger partial charge on any atom is -0.299 e. The minimum atomic E-state index is 0.262. The summed E-state index contributed by atoms with van der Waals surface area (Å²) in [5.74, 6) is 0.262. The van der Waals surface area contributed by atoms with Gasteiger partial charge in [0.15, 0.2) is 0 Å². The van der Waals surface area contributed by atoms with Gasteiger partial charge in [0, 0.05) is 12.8 Å². The van der Waals surface area contributed by atoms with Crippen molar-refractivity contribution in [2.24, 2.45) is 0 Å². The quantitative estimate of drug-likeness (QED) is 0.478. The van der Waals surface area contributed by atoms with Crippen LogP contribution in [0.3, 0.4) is 0 Å². The molecule has 1 aliphatic rings. The number of Topliss-reactive ketones (excluding diaryl/α,β-unsaturated/α-hetero) is 1. The fourth-order valence-corrected chi connectivity index (χ4v) is 3.88. The molecule has 0 fully saturated rings. The Morgan fingerprint density at radius 1 is 0.643 bits per heavy atom. The van der Waals surface area contributed by atoms with E-state index in [2.05, 4.69) is 60.7 Å². The third-order valence-electron chi connectivity index (χ3n) is 5.21. The number of rotatable bonds is 6. The highest BCUT2D eigenvalue weighted by atomic mass is 16.1. The van der Waals surface area contributed by atoms with Crippen LogP contribution in [0, 0.1) is 0 Å². The van der Waals surface area contributed by atoms with Crippen molar-refractivity contribution < 1.29 is 4.79 Å². The molecule has 0 N–H and O–H groups in total. The van der Waals surface area contributed by atoms with Gasteiger partial charge in [-0.15, -0.1) is 0 Å². The molecule has 0 radical (unpaired) electrons. The molecule has 4 rings (SSSR count). The molecule has 3 aromatic carbocycles. The van der Waals surface area contributed by atoms with Gasteiger partial charge in [-0.1, -0.05) is 97.1 Å². The first kappa shape index (κ1) is 18.2. The maximum absolute atomic E-state index is 13.0. The molecule has 0 bridgehead atoms. The first-order valence-electron chi connectivity index (χ1n) is 9.91. The summed E-state index contributed by atoms with van der Waals surface area (Å²) in [6.45, 7) is 0. The normalized spacial score (nSPS) is 13.6. The van der Waals surface area contributed by atoms with Crippen LogP contribution in [0.1, 0.15) is 30.4 Å². The van der Waals surface area contributed by atoms with Crippen molar-refractivity contribution in [3.8, 4) is 11.1 Å². The summed E-state index contributed by atoms with van der Waals surface area (Å²) in [7, 11) is 0. The van der Waals surface area contributed by atoms with E-state index in [-0.39, 0.29) is 5.78 Å². The monoisotopic (exact) mass is 364 g/mol. The Hall–Kier alpha value is -3.19. The number of carbonyl (C=O) groups is 1. The van der Waals surface area contributed by atoms with Gasteiger partial charge in [-0.2, -0.15) is 0 Å². The molecule has 0 heterocycles. The minimum absolute atomic E-state index is 0.262. The summed E-state index contributed by atoms with van der Waals surface area (Å²) in [5, 5.41) is 0. The summed E-state index contributed by atoms with van der Waals surface area (Å²) in [6, 6.07) is 28.9. The van der Waals surface area contributed by atoms with Crippen molar-refractivity contribution in [3.63, 3.8) is 0 Å². The van der Waals surface area contributed by atoms with Crippen LogP contribution in [0.2, 0.25) is 0 Å². The number of ketones is 1. The van der Waals surface area contributed by atoms with E-state index in [1.54, 1.807) is 0 Å². The zero-order chi connectivity index (χ0) is 19.2. The zero-order valence-electron chi connectivity index (χ0n) is 16.0. The molecule has 0 saturated carbocycles. The Morgan fingerprint density at radius 3 is 2.00 bits per heavy atom. The fourth-order valence-electron chi connectivity index (χ4n) is 3.88. The van der Waals surface area contributed by atoms with Gasteiger partial charge in [-0.05, 0) is 46.2 Å². The molecule has 0 unspecified atom stereocenters. The van der Waals surface area contributed by atoms with Gasteiger partial charge in [0.1, 0.15) is 5.78 Å². The van der Waals surface area contributed by atoms with Crippen LogP contribution in [-0.2, 0) is 11.2 Å². The Bertz CT molecular complexity index is 1010. The van der Waals surface area contributed by atoms with Crippen molar-refractivity contribution in [2.75, 3.05) is 0 Å². The van der Waals surface area contributed by atoms with Gasteiger partial charge < -0.3 is 0 Å². The summed E-state index contributed by atoms with van der Waals surface area (Å²) >= 11 is 0. The molecule has 1 aliphatic carbocycles. The Balaban J connectivity index is 1.53. The number of benzene rings is 3. The Labute approximate surface area is 167 Å². The molecule has 138 valence electrons. The lowest BCUT2D eigenvalue weighted by Gasteiger charge is -2.17. The van der Waals surface area contributed by atoms with E-state index in [0.717, 1.165) is 29.5 Å². The first-order chi connectivity index (χ1) is 13.8. The highest BCUT2D eigenvalue weighted by molar-refractivity contribution is 5.91. The molecule has 0 atom stereocenters.